The fourth-order valence-electron chi connectivity index (χ4n) is 0.678. The number of nitrogens with zero attached hydrogens (tertiary/aromatic N) is 3. The van der Waals surface area contributed by atoms with Crippen LogP contribution in [0, 0.1) is 0 Å². The van der Waals surface area contributed by atoms with Crippen molar-refractivity contribution >= 4 is 0 Å². The van der Waals surface area contributed by atoms with Crippen LogP contribution in [0.2, 0.25) is 0 Å². The van der Waals surface area contributed by atoms with E-state index in [4.69, 9.17) is 0 Å². The molecular formula is C7H8F3N3. The molecule has 0 aliphatic rings. The topological polar surface area (TPSA) is 38.7 Å². The molecule has 1 aromatic rings. The van der Waals surface area contributed by atoms with Gasteiger partial charge in [0.25, 0.3) is 5.82 Å². The number of hydrogen-bond acceptors (Lipinski definition) is 3. The zero-order chi connectivity index (χ0) is 10.1. The Labute approximate surface area is 73.0 Å². The van der Waals surface area contributed by atoms with Crippen LogP contribution in [-0.2, 0) is 6.18 Å². The number of aromatic nitrogens is 3. The van der Waals surface area contributed by atoms with Crippen molar-refractivity contribution in [2.45, 2.75) is 25.9 Å². The molecule has 0 radical (unpaired) electrons. The molecule has 0 fully saturated rings. The van der Waals surface area contributed by atoms with Crippen molar-refractivity contribution in [3.63, 3.8) is 0 Å². The molecule has 0 aliphatic heterocycles. The van der Waals surface area contributed by atoms with Gasteiger partial charge in [0.05, 0.1) is 11.9 Å². The maximum absolute atomic E-state index is 12.0. The van der Waals surface area contributed by atoms with E-state index in [0.717, 1.165) is 6.20 Å². The second kappa shape index (κ2) is 3.27. The standard InChI is InChI=1S/C7H8F3N3/c1-4(2)5-3-11-6(13-12-5)7(8,9)10/h3-4H,1-2H3. The zero-order valence-electron chi connectivity index (χ0n) is 7.13. The largest absolute Gasteiger partial charge is 0.453 e. The van der Waals surface area contributed by atoms with Gasteiger partial charge in [0.2, 0.25) is 0 Å². The molecule has 6 heteroatoms. The minimum absolute atomic E-state index is 0.0299. The number of hydrogen-bond donors (Lipinski definition) is 0. The van der Waals surface area contributed by atoms with Gasteiger partial charge in [0, 0.05) is 0 Å². The summed E-state index contributed by atoms with van der Waals surface area (Å²) in [7, 11) is 0. The molecule has 3 nitrogen and oxygen atoms in total. The second-order valence-corrected chi connectivity index (χ2v) is 2.86. The third-order valence-corrected chi connectivity index (χ3v) is 1.42. The SMILES string of the molecule is CC(C)c1cnc(C(F)(F)F)nn1. The summed E-state index contributed by atoms with van der Waals surface area (Å²) in [6.45, 7) is 3.61. The molecular weight excluding hydrogens is 183 g/mol. The third kappa shape index (κ3) is 2.37. The van der Waals surface area contributed by atoms with Crippen molar-refractivity contribution < 1.29 is 13.2 Å². The maximum atomic E-state index is 12.0. The van der Waals surface area contributed by atoms with Gasteiger partial charge in [0.1, 0.15) is 0 Å². The van der Waals surface area contributed by atoms with Crippen LogP contribution in [0.4, 0.5) is 13.2 Å². The van der Waals surface area contributed by atoms with E-state index < -0.39 is 12.0 Å². The van der Waals surface area contributed by atoms with Gasteiger partial charge in [-0.25, -0.2) is 4.98 Å². The van der Waals surface area contributed by atoms with Crippen LogP contribution in [0.3, 0.4) is 0 Å². The quantitative estimate of drug-likeness (QED) is 0.681. The van der Waals surface area contributed by atoms with E-state index in [-0.39, 0.29) is 5.92 Å². The van der Waals surface area contributed by atoms with Gasteiger partial charge < -0.3 is 0 Å². The Balaban J connectivity index is 2.94. The lowest BCUT2D eigenvalue weighted by Crippen LogP contribution is -2.13. The average molecular weight is 191 g/mol. The van der Waals surface area contributed by atoms with Gasteiger partial charge in [-0.05, 0) is 5.92 Å². The summed E-state index contributed by atoms with van der Waals surface area (Å²) in [6, 6.07) is 0. The van der Waals surface area contributed by atoms with Crippen LogP contribution in [0.15, 0.2) is 6.20 Å². The molecule has 0 amide bonds. The predicted octanol–water partition coefficient (Wildman–Crippen LogP) is 2.01. The summed E-state index contributed by atoms with van der Waals surface area (Å²) in [5.74, 6) is -1.17. The smallest absolute Gasteiger partial charge is 0.229 e. The van der Waals surface area contributed by atoms with Crippen molar-refractivity contribution in [1.29, 1.82) is 0 Å². The third-order valence-electron chi connectivity index (χ3n) is 1.42. The Hall–Kier alpha value is -1.20. The first-order chi connectivity index (χ1) is 5.91. The molecule has 0 aliphatic carbocycles. The fraction of sp³-hybridized carbons (Fsp3) is 0.571. The Morgan fingerprint density at radius 2 is 1.85 bits per heavy atom. The van der Waals surface area contributed by atoms with Crippen molar-refractivity contribution in [3.05, 3.63) is 17.7 Å². The fourth-order valence-corrected chi connectivity index (χ4v) is 0.678. The van der Waals surface area contributed by atoms with Crippen LogP contribution in [0.25, 0.3) is 0 Å². The van der Waals surface area contributed by atoms with Crippen LogP contribution in [0.1, 0.15) is 31.3 Å². The van der Waals surface area contributed by atoms with Crippen molar-refractivity contribution in [2.75, 3.05) is 0 Å². The Kier molecular flexibility index (Phi) is 2.49. The van der Waals surface area contributed by atoms with Crippen molar-refractivity contribution in [3.8, 4) is 0 Å². The molecule has 13 heavy (non-hydrogen) atoms. The van der Waals surface area contributed by atoms with Crippen LogP contribution >= 0.6 is 0 Å². The first-order valence-corrected chi connectivity index (χ1v) is 3.68. The van der Waals surface area contributed by atoms with Crippen molar-refractivity contribution in [1.82, 2.24) is 15.2 Å². The van der Waals surface area contributed by atoms with E-state index in [1.165, 1.54) is 0 Å². The molecule has 0 unspecified atom stereocenters. The van der Waals surface area contributed by atoms with Gasteiger partial charge in [-0.2, -0.15) is 18.3 Å². The molecule has 0 saturated carbocycles. The molecule has 1 aromatic heterocycles. The van der Waals surface area contributed by atoms with E-state index in [1.54, 1.807) is 13.8 Å². The van der Waals surface area contributed by atoms with E-state index in [2.05, 4.69) is 15.2 Å². The van der Waals surface area contributed by atoms with Crippen LogP contribution in [0.5, 0.6) is 0 Å². The predicted molar refractivity (Wildman–Crippen MR) is 38.9 cm³/mol. The molecule has 0 bridgehead atoms. The number of rotatable bonds is 1. The van der Waals surface area contributed by atoms with Gasteiger partial charge in [-0.1, -0.05) is 13.8 Å². The first kappa shape index (κ1) is 9.88. The molecule has 0 atom stereocenters. The highest BCUT2D eigenvalue weighted by Gasteiger charge is 2.35. The minimum atomic E-state index is -4.51. The highest BCUT2D eigenvalue weighted by atomic mass is 19.4. The minimum Gasteiger partial charge on any atom is -0.229 e. The molecule has 1 heterocycles. The summed E-state index contributed by atoms with van der Waals surface area (Å²) < 4.78 is 35.9. The van der Waals surface area contributed by atoms with E-state index >= 15 is 0 Å². The summed E-state index contributed by atoms with van der Waals surface area (Å²) in [6.07, 6.45) is -3.41. The number of halogens is 3. The monoisotopic (exact) mass is 191 g/mol. The molecule has 1 rings (SSSR count). The van der Waals surface area contributed by atoms with Gasteiger partial charge in [-0.3, -0.25) is 0 Å². The summed E-state index contributed by atoms with van der Waals surface area (Å²) in [5, 5.41) is 6.40. The van der Waals surface area contributed by atoms with Crippen molar-refractivity contribution in [2.24, 2.45) is 0 Å². The Morgan fingerprint density at radius 1 is 1.23 bits per heavy atom. The normalized spacial score (nSPS) is 12.2. The van der Waals surface area contributed by atoms with Gasteiger partial charge >= 0.3 is 6.18 Å². The molecule has 0 spiro atoms. The lowest BCUT2D eigenvalue weighted by atomic mass is 10.1. The van der Waals surface area contributed by atoms with Crippen LogP contribution < -0.4 is 0 Å². The Bertz CT molecular complexity index is 278. The van der Waals surface area contributed by atoms with Gasteiger partial charge in [-0.15, -0.1) is 5.10 Å². The molecule has 0 N–H and O–H groups in total. The first-order valence-electron chi connectivity index (χ1n) is 3.68. The summed E-state index contributed by atoms with van der Waals surface area (Å²) in [4.78, 5) is 3.17. The van der Waals surface area contributed by atoms with E-state index in [1.807, 2.05) is 0 Å². The molecule has 72 valence electrons. The van der Waals surface area contributed by atoms with E-state index in [0.29, 0.717) is 5.69 Å². The highest BCUT2D eigenvalue weighted by molar-refractivity contribution is 5.00. The number of alkyl halides is 3. The summed E-state index contributed by atoms with van der Waals surface area (Å²) in [5.41, 5.74) is 0.452. The zero-order valence-corrected chi connectivity index (χ0v) is 7.13. The average Bonchev–Trinajstić information content (AvgIpc) is 2.03. The highest BCUT2D eigenvalue weighted by Crippen LogP contribution is 2.25. The van der Waals surface area contributed by atoms with Crippen LogP contribution in [-0.4, -0.2) is 15.2 Å². The lowest BCUT2D eigenvalue weighted by molar-refractivity contribution is -0.145. The maximum Gasteiger partial charge on any atom is 0.453 e. The Morgan fingerprint density at radius 3 is 2.15 bits per heavy atom. The lowest BCUT2D eigenvalue weighted by Gasteiger charge is -2.05. The second-order valence-electron chi connectivity index (χ2n) is 2.86. The molecule has 0 aromatic carbocycles. The molecule has 0 saturated heterocycles. The summed E-state index contributed by atoms with van der Waals surface area (Å²) >= 11 is 0. The van der Waals surface area contributed by atoms with E-state index in [9.17, 15) is 13.2 Å². The van der Waals surface area contributed by atoms with Gasteiger partial charge in [0.15, 0.2) is 0 Å².